The van der Waals surface area contributed by atoms with Crippen molar-refractivity contribution in [3.05, 3.63) is 0 Å². The van der Waals surface area contributed by atoms with Gasteiger partial charge in [0.15, 0.2) is 0 Å². The van der Waals surface area contributed by atoms with Gasteiger partial charge in [-0.15, -0.1) is 0 Å². The molecule has 0 radical (unpaired) electrons. The number of nitrogens with zero attached hydrogens (tertiary/aromatic N) is 1. The molecular weight excluding hydrogens is 795 g/mol. The van der Waals surface area contributed by atoms with E-state index in [0.717, 1.165) is 116 Å². The Morgan fingerprint density at radius 3 is 0.969 bits per heavy atom. The number of ether oxygens (including phenoxy) is 3. The fraction of sp³-hybridized carbons (Fsp3) is 0.947. The molecule has 2 unspecified atom stereocenters. The van der Waals surface area contributed by atoms with Crippen LogP contribution in [0.4, 0.5) is 0 Å². The van der Waals surface area contributed by atoms with Crippen LogP contribution in [0.5, 0.6) is 0 Å². The summed E-state index contributed by atoms with van der Waals surface area (Å²) in [6.45, 7) is 11.0. The van der Waals surface area contributed by atoms with Gasteiger partial charge >= 0.3 is 17.9 Å². The molecule has 64 heavy (non-hydrogen) atoms. The van der Waals surface area contributed by atoms with Gasteiger partial charge in [0.05, 0.1) is 25.0 Å². The van der Waals surface area contributed by atoms with E-state index in [1.165, 1.54) is 154 Å². The molecule has 0 spiro atoms. The summed E-state index contributed by atoms with van der Waals surface area (Å²) in [7, 11) is 4.09. The maximum Gasteiger partial charge on any atom is 0.308 e. The monoisotopic (exact) mass is 906 g/mol. The van der Waals surface area contributed by atoms with Gasteiger partial charge in [-0.25, -0.2) is 0 Å². The molecule has 0 fully saturated rings. The topological polar surface area (TPSA) is 82.1 Å². The molecule has 0 aliphatic heterocycles. The van der Waals surface area contributed by atoms with Crippen LogP contribution in [-0.2, 0) is 28.6 Å². The Bertz CT molecular complexity index is 939. The molecule has 0 rings (SSSR count). The third kappa shape index (κ3) is 43.0. The second kappa shape index (κ2) is 49.3. The van der Waals surface area contributed by atoms with E-state index in [4.69, 9.17) is 14.2 Å². The zero-order chi connectivity index (χ0) is 47.0. The zero-order valence-electron chi connectivity index (χ0n) is 43.9. The second-order valence-corrected chi connectivity index (χ2v) is 20.1. The molecule has 0 bridgehead atoms. The minimum atomic E-state index is -0.0382. The van der Waals surface area contributed by atoms with Gasteiger partial charge in [-0.05, 0) is 91.3 Å². The number of unbranched alkanes of at least 4 members (excludes halogenated alkanes) is 28. The predicted octanol–water partition coefficient (Wildman–Crippen LogP) is 17.2. The lowest BCUT2D eigenvalue weighted by Crippen LogP contribution is -2.20. The smallest absolute Gasteiger partial charge is 0.308 e. The van der Waals surface area contributed by atoms with E-state index in [1.807, 2.05) is 14.1 Å². The lowest BCUT2D eigenvalue weighted by atomic mass is 9.94. The largest absolute Gasteiger partial charge is 0.465 e. The third-order valence-electron chi connectivity index (χ3n) is 13.4. The summed E-state index contributed by atoms with van der Waals surface area (Å²) in [5.74, 6) is 0.252. The van der Waals surface area contributed by atoms with Crippen LogP contribution in [0.2, 0.25) is 0 Å². The maximum absolute atomic E-state index is 13.0. The van der Waals surface area contributed by atoms with Crippen LogP contribution in [0.1, 0.15) is 297 Å². The summed E-state index contributed by atoms with van der Waals surface area (Å²) >= 11 is 0. The normalized spacial score (nSPS) is 13.0. The van der Waals surface area contributed by atoms with Gasteiger partial charge in [-0.1, -0.05) is 220 Å². The van der Waals surface area contributed by atoms with Crippen LogP contribution in [-0.4, -0.2) is 62.8 Å². The molecule has 0 saturated heterocycles. The van der Waals surface area contributed by atoms with Crippen molar-refractivity contribution in [1.29, 1.82) is 0 Å². The number of rotatable bonds is 51. The van der Waals surface area contributed by atoms with Crippen LogP contribution in [0.15, 0.2) is 0 Å². The molecule has 0 saturated carbocycles. The number of carbonyl (C=O) groups is 3. The van der Waals surface area contributed by atoms with Crippen LogP contribution < -0.4 is 0 Å². The quantitative estimate of drug-likeness (QED) is 0.0342. The van der Waals surface area contributed by atoms with E-state index >= 15 is 0 Å². The molecule has 0 aromatic heterocycles. The molecule has 0 N–H and O–H groups in total. The van der Waals surface area contributed by atoms with Gasteiger partial charge in [0.1, 0.15) is 6.10 Å². The average molecular weight is 907 g/mol. The standard InChI is InChI=1S/C57H111NO6/c1-7-11-15-19-27-35-44-52(42-33-17-13-9-3)56(60)62-50-39-31-25-21-23-29-37-46-54(64-55(59)48-41-49-58(5)6)47-38-30-24-22-26-32-40-51-63-57(61)53(43-34-18-14-10-4)45-36-28-20-16-12-8-2/h52-54H,7-51H2,1-6H3. The summed E-state index contributed by atoms with van der Waals surface area (Å²) in [6.07, 6.45) is 48.1. The first-order valence-electron chi connectivity index (χ1n) is 28.5. The van der Waals surface area contributed by atoms with Crippen molar-refractivity contribution in [3.63, 3.8) is 0 Å². The summed E-state index contributed by atoms with van der Waals surface area (Å²) in [4.78, 5) is 40.8. The summed E-state index contributed by atoms with van der Waals surface area (Å²) in [6, 6.07) is 0. The molecule has 2 atom stereocenters. The van der Waals surface area contributed by atoms with Crippen molar-refractivity contribution < 1.29 is 28.6 Å². The first kappa shape index (κ1) is 62.4. The highest BCUT2D eigenvalue weighted by Gasteiger charge is 2.21. The van der Waals surface area contributed by atoms with Gasteiger partial charge in [0.25, 0.3) is 0 Å². The molecule has 380 valence electrons. The van der Waals surface area contributed by atoms with E-state index in [1.54, 1.807) is 0 Å². The Morgan fingerprint density at radius 2 is 0.641 bits per heavy atom. The molecule has 7 heteroatoms. The Labute approximate surface area is 399 Å². The van der Waals surface area contributed by atoms with Crippen LogP contribution in [0.3, 0.4) is 0 Å². The molecular formula is C57H111NO6. The SMILES string of the molecule is CCCCCCCCC(CCCCCC)C(=O)OCCCCCCCCCC(CCCCCCCCCOC(=O)C(CCCCCC)CCCCCCCC)OC(=O)CCCN(C)C. The van der Waals surface area contributed by atoms with Crippen molar-refractivity contribution in [1.82, 2.24) is 4.90 Å². The van der Waals surface area contributed by atoms with Crippen LogP contribution in [0, 0.1) is 11.8 Å². The molecule has 0 aliphatic rings. The Morgan fingerprint density at radius 1 is 0.359 bits per heavy atom. The van der Waals surface area contributed by atoms with Gasteiger partial charge in [0, 0.05) is 6.42 Å². The highest BCUT2D eigenvalue weighted by Crippen LogP contribution is 2.23. The first-order chi connectivity index (χ1) is 31.3. The fourth-order valence-electron chi connectivity index (χ4n) is 9.08. The van der Waals surface area contributed by atoms with E-state index in [2.05, 4.69) is 32.6 Å². The maximum atomic E-state index is 13.0. The molecule has 0 heterocycles. The Balaban J connectivity index is 4.40. The lowest BCUT2D eigenvalue weighted by molar-refractivity contribution is -0.150. The summed E-state index contributed by atoms with van der Waals surface area (Å²) < 4.78 is 17.7. The fourth-order valence-corrected chi connectivity index (χ4v) is 9.08. The molecule has 0 aromatic rings. The molecule has 7 nitrogen and oxygen atoms in total. The van der Waals surface area contributed by atoms with Crippen LogP contribution in [0.25, 0.3) is 0 Å². The van der Waals surface area contributed by atoms with E-state index < -0.39 is 0 Å². The van der Waals surface area contributed by atoms with Crippen molar-refractivity contribution in [2.24, 2.45) is 11.8 Å². The van der Waals surface area contributed by atoms with E-state index in [-0.39, 0.29) is 35.8 Å². The van der Waals surface area contributed by atoms with Crippen LogP contribution >= 0.6 is 0 Å². The number of esters is 3. The van der Waals surface area contributed by atoms with Crippen molar-refractivity contribution in [3.8, 4) is 0 Å². The predicted molar refractivity (Wildman–Crippen MR) is 274 cm³/mol. The minimum absolute atomic E-state index is 0.0317. The first-order valence-corrected chi connectivity index (χ1v) is 28.5. The molecule has 0 amide bonds. The third-order valence-corrected chi connectivity index (χ3v) is 13.4. The highest BCUT2D eigenvalue weighted by molar-refractivity contribution is 5.72. The van der Waals surface area contributed by atoms with Gasteiger partial charge < -0.3 is 19.1 Å². The Hall–Kier alpha value is -1.63. The number of hydrogen-bond donors (Lipinski definition) is 0. The van der Waals surface area contributed by atoms with Crippen molar-refractivity contribution in [2.45, 2.75) is 303 Å². The van der Waals surface area contributed by atoms with Gasteiger partial charge in [-0.3, -0.25) is 14.4 Å². The number of hydrogen-bond acceptors (Lipinski definition) is 7. The molecule has 0 aliphatic carbocycles. The zero-order valence-corrected chi connectivity index (χ0v) is 43.9. The van der Waals surface area contributed by atoms with Crippen molar-refractivity contribution >= 4 is 17.9 Å². The molecule has 0 aromatic carbocycles. The van der Waals surface area contributed by atoms with E-state index in [9.17, 15) is 14.4 Å². The number of carbonyl (C=O) groups excluding carboxylic acids is 3. The minimum Gasteiger partial charge on any atom is -0.465 e. The highest BCUT2D eigenvalue weighted by atomic mass is 16.5. The lowest BCUT2D eigenvalue weighted by Gasteiger charge is -2.18. The van der Waals surface area contributed by atoms with Gasteiger partial charge in [-0.2, -0.15) is 0 Å². The van der Waals surface area contributed by atoms with Gasteiger partial charge in [0.2, 0.25) is 0 Å². The summed E-state index contributed by atoms with van der Waals surface area (Å²) in [5, 5.41) is 0. The second-order valence-electron chi connectivity index (χ2n) is 20.1. The average Bonchev–Trinajstić information content (AvgIpc) is 3.28. The summed E-state index contributed by atoms with van der Waals surface area (Å²) in [5.41, 5.74) is 0. The van der Waals surface area contributed by atoms with Crippen molar-refractivity contribution in [2.75, 3.05) is 33.9 Å². The van der Waals surface area contributed by atoms with E-state index in [0.29, 0.717) is 19.6 Å². The Kier molecular flexibility index (Phi) is 48.0.